The Morgan fingerprint density at radius 3 is 2.61 bits per heavy atom. The van der Waals surface area contributed by atoms with Crippen molar-refractivity contribution >= 4 is 11.8 Å². The molecular formula is C12H19N3O3. The van der Waals surface area contributed by atoms with Crippen LogP contribution >= 0.6 is 0 Å². The monoisotopic (exact) mass is 253 g/mol. The highest BCUT2D eigenvalue weighted by Crippen LogP contribution is 2.42. The maximum atomic E-state index is 11.2. The van der Waals surface area contributed by atoms with Crippen LogP contribution in [0.4, 0.5) is 5.82 Å². The van der Waals surface area contributed by atoms with E-state index in [0.29, 0.717) is 17.9 Å². The molecule has 1 aliphatic rings. The summed E-state index contributed by atoms with van der Waals surface area (Å²) in [7, 11) is 1.71. The van der Waals surface area contributed by atoms with Gasteiger partial charge in [-0.1, -0.05) is 13.8 Å². The van der Waals surface area contributed by atoms with Crippen molar-refractivity contribution in [3.8, 4) is 0 Å². The van der Waals surface area contributed by atoms with Crippen molar-refractivity contribution in [3.63, 3.8) is 0 Å². The third-order valence-electron chi connectivity index (χ3n) is 3.96. The minimum atomic E-state index is -0.985. The minimum absolute atomic E-state index is 0.0559. The third kappa shape index (κ3) is 1.77. The molecular weight excluding hydrogens is 234 g/mol. The Morgan fingerprint density at radius 1 is 1.56 bits per heavy atom. The van der Waals surface area contributed by atoms with E-state index in [2.05, 4.69) is 10.4 Å². The molecule has 2 atom stereocenters. The van der Waals surface area contributed by atoms with Gasteiger partial charge in [-0.25, -0.2) is 4.79 Å². The number of aryl methyl sites for hydroxylation is 2. The average molecular weight is 253 g/mol. The second-order valence-electron chi connectivity index (χ2n) is 5.51. The van der Waals surface area contributed by atoms with Gasteiger partial charge < -0.3 is 15.5 Å². The van der Waals surface area contributed by atoms with Crippen molar-refractivity contribution in [2.45, 2.75) is 39.3 Å². The SMILES string of the molecule is Cc1nn(C)c(NC2CC(O)C2(C)C)c1C(=O)O. The second-order valence-corrected chi connectivity index (χ2v) is 5.51. The Bertz CT molecular complexity index is 493. The van der Waals surface area contributed by atoms with Crippen LogP contribution in [0.15, 0.2) is 0 Å². The number of aliphatic hydroxyl groups excluding tert-OH is 1. The van der Waals surface area contributed by atoms with Crippen LogP contribution in [0.25, 0.3) is 0 Å². The number of hydrogen-bond donors (Lipinski definition) is 3. The molecule has 1 heterocycles. The van der Waals surface area contributed by atoms with E-state index in [0.717, 1.165) is 0 Å². The minimum Gasteiger partial charge on any atom is -0.477 e. The molecule has 1 aromatic heterocycles. The van der Waals surface area contributed by atoms with Crippen LogP contribution in [0, 0.1) is 12.3 Å². The lowest BCUT2D eigenvalue weighted by atomic mass is 9.64. The summed E-state index contributed by atoms with van der Waals surface area (Å²) in [5.74, 6) is -0.481. The fourth-order valence-corrected chi connectivity index (χ4v) is 2.39. The normalized spacial score (nSPS) is 25.6. The van der Waals surface area contributed by atoms with Gasteiger partial charge in [0.2, 0.25) is 0 Å². The molecule has 0 amide bonds. The summed E-state index contributed by atoms with van der Waals surface area (Å²) in [6.45, 7) is 5.60. The lowest BCUT2D eigenvalue weighted by Crippen LogP contribution is -2.57. The number of hydrogen-bond acceptors (Lipinski definition) is 4. The molecule has 1 fully saturated rings. The van der Waals surface area contributed by atoms with Crippen molar-refractivity contribution in [1.82, 2.24) is 9.78 Å². The van der Waals surface area contributed by atoms with E-state index in [1.54, 1.807) is 18.7 Å². The molecule has 6 nitrogen and oxygen atoms in total. The van der Waals surface area contributed by atoms with Gasteiger partial charge in [0.15, 0.2) is 0 Å². The van der Waals surface area contributed by atoms with Crippen LogP contribution < -0.4 is 5.32 Å². The Balaban J connectivity index is 2.28. The average Bonchev–Trinajstić information content (AvgIpc) is 2.53. The van der Waals surface area contributed by atoms with Crippen LogP contribution in [0.5, 0.6) is 0 Å². The molecule has 1 aromatic rings. The molecule has 6 heteroatoms. The van der Waals surface area contributed by atoms with E-state index in [9.17, 15) is 15.0 Å². The van der Waals surface area contributed by atoms with Gasteiger partial charge in [0.25, 0.3) is 0 Å². The summed E-state index contributed by atoms with van der Waals surface area (Å²) in [4.78, 5) is 11.2. The number of carbonyl (C=O) groups is 1. The molecule has 2 rings (SSSR count). The van der Waals surface area contributed by atoms with Crippen molar-refractivity contribution in [3.05, 3.63) is 11.3 Å². The Labute approximate surface area is 106 Å². The van der Waals surface area contributed by atoms with Gasteiger partial charge in [0.1, 0.15) is 11.4 Å². The summed E-state index contributed by atoms with van der Waals surface area (Å²) < 4.78 is 1.54. The summed E-state index contributed by atoms with van der Waals surface area (Å²) in [6, 6.07) is 0.0559. The van der Waals surface area contributed by atoms with Crippen molar-refractivity contribution in [2.75, 3.05) is 5.32 Å². The second kappa shape index (κ2) is 3.98. The Hall–Kier alpha value is -1.56. The van der Waals surface area contributed by atoms with E-state index in [-0.39, 0.29) is 23.1 Å². The first kappa shape index (κ1) is 12.9. The van der Waals surface area contributed by atoms with Gasteiger partial charge in [-0.3, -0.25) is 4.68 Å². The smallest absolute Gasteiger partial charge is 0.341 e. The lowest BCUT2D eigenvalue weighted by Gasteiger charge is -2.49. The molecule has 2 unspecified atom stereocenters. The number of aromatic carboxylic acids is 1. The summed E-state index contributed by atoms with van der Waals surface area (Å²) in [5.41, 5.74) is 0.438. The van der Waals surface area contributed by atoms with Gasteiger partial charge in [0, 0.05) is 18.5 Å². The first-order valence-electron chi connectivity index (χ1n) is 5.96. The molecule has 0 aromatic carbocycles. The van der Waals surface area contributed by atoms with Crippen LogP contribution in [-0.2, 0) is 7.05 Å². The summed E-state index contributed by atoms with van der Waals surface area (Å²) in [5, 5.41) is 26.2. The molecule has 1 aliphatic carbocycles. The fourth-order valence-electron chi connectivity index (χ4n) is 2.39. The first-order chi connectivity index (χ1) is 8.25. The number of anilines is 1. The molecule has 0 radical (unpaired) electrons. The number of carboxylic acid groups (broad SMARTS) is 1. The van der Waals surface area contributed by atoms with Crippen LogP contribution in [0.1, 0.15) is 36.3 Å². The van der Waals surface area contributed by atoms with Crippen LogP contribution in [-0.4, -0.2) is 38.1 Å². The predicted molar refractivity (Wildman–Crippen MR) is 66.7 cm³/mol. The Kier molecular flexibility index (Phi) is 2.85. The molecule has 18 heavy (non-hydrogen) atoms. The zero-order valence-electron chi connectivity index (χ0n) is 11.1. The zero-order chi connectivity index (χ0) is 13.7. The van der Waals surface area contributed by atoms with Crippen LogP contribution in [0.3, 0.4) is 0 Å². The van der Waals surface area contributed by atoms with Crippen LogP contribution in [0.2, 0.25) is 0 Å². The van der Waals surface area contributed by atoms with Crippen molar-refractivity contribution in [1.29, 1.82) is 0 Å². The number of aliphatic hydroxyl groups is 1. The van der Waals surface area contributed by atoms with Gasteiger partial charge in [-0.15, -0.1) is 0 Å². The van der Waals surface area contributed by atoms with Gasteiger partial charge >= 0.3 is 5.97 Å². The van der Waals surface area contributed by atoms with Gasteiger partial charge in [-0.05, 0) is 13.3 Å². The molecule has 100 valence electrons. The van der Waals surface area contributed by atoms with E-state index < -0.39 is 5.97 Å². The standard InChI is InChI=1S/C12H19N3O3/c1-6-9(11(17)18)10(15(4)14-6)13-7-5-8(16)12(7,2)3/h7-8,13,16H,5H2,1-4H3,(H,17,18). The summed E-state index contributed by atoms with van der Waals surface area (Å²) >= 11 is 0. The molecule has 3 N–H and O–H groups in total. The van der Waals surface area contributed by atoms with E-state index >= 15 is 0 Å². The first-order valence-corrected chi connectivity index (χ1v) is 5.96. The number of nitrogens with zero attached hydrogens (tertiary/aromatic N) is 2. The molecule has 0 bridgehead atoms. The highest BCUT2D eigenvalue weighted by molar-refractivity contribution is 5.94. The number of carboxylic acids is 1. The number of nitrogens with one attached hydrogen (secondary N) is 1. The maximum absolute atomic E-state index is 11.2. The van der Waals surface area contributed by atoms with Crippen molar-refractivity contribution < 1.29 is 15.0 Å². The maximum Gasteiger partial charge on any atom is 0.341 e. The van der Waals surface area contributed by atoms with Crippen molar-refractivity contribution in [2.24, 2.45) is 12.5 Å². The van der Waals surface area contributed by atoms with E-state index in [4.69, 9.17) is 0 Å². The molecule has 0 saturated heterocycles. The number of aromatic nitrogens is 2. The molecule has 0 spiro atoms. The third-order valence-corrected chi connectivity index (χ3v) is 3.96. The zero-order valence-corrected chi connectivity index (χ0v) is 11.1. The summed E-state index contributed by atoms with van der Waals surface area (Å²) in [6.07, 6.45) is 0.272. The lowest BCUT2D eigenvalue weighted by molar-refractivity contribution is -0.0512. The van der Waals surface area contributed by atoms with Gasteiger partial charge in [-0.2, -0.15) is 5.10 Å². The largest absolute Gasteiger partial charge is 0.477 e. The quantitative estimate of drug-likeness (QED) is 0.748. The predicted octanol–water partition coefficient (Wildman–Crippen LogP) is 0.998. The molecule has 1 saturated carbocycles. The fraction of sp³-hybridized carbons (Fsp3) is 0.667. The van der Waals surface area contributed by atoms with E-state index in [1.165, 1.54) is 0 Å². The highest BCUT2D eigenvalue weighted by atomic mass is 16.4. The van der Waals surface area contributed by atoms with E-state index in [1.807, 2.05) is 13.8 Å². The Morgan fingerprint density at radius 2 is 2.17 bits per heavy atom. The number of rotatable bonds is 3. The molecule has 0 aliphatic heterocycles. The van der Waals surface area contributed by atoms with Gasteiger partial charge in [0.05, 0.1) is 11.8 Å². The topological polar surface area (TPSA) is 87.4 Å². The highest BCUT2D eigenvalue weighted by Gasteiger charge is 2.48.